The number of furan rings is 1. The molecule has 0 atom stereocenters. The van der Waals surface area contributed by atoms with Gasteiger partial charge in [0.1, 0.15) is 11.5 Å². The fourth-order valence-corrected chi connectivity index (χ4v) is 3.13. The first-order valence-corrected chi connectivity index (χ1v) is 6.84. The van der Waals surface area contributed by atoms with Crippen LogP contribution in [0, 0.1) is 12.8 Å². The van der Waals surface area contributed by atoms with Crippen molar-refractivity contribution in [1.82, 2.24) is 5.32 Å². The van der Waals surface area contributed by atoms with Crippen LogP contribution in [-0.2, 0) is 6.54 Å². The molecule has 0 radical (unpaired) electrons. The number of aryl methyl sites for hydroxylation is 1. The molecular weight excluding hydrogens is 206 g/mol. The van der Waals surface area contributed by atoms with Gasteiger partial charge in [-0.2, -0.15) is 11.8 Å². The fourth-order valence-electron chi connectivity index (χ4n) is 1.93. The van der Waals surface area contributed by atoms with Gasteiger partial charge in [0.05, 0.1) is 6.54 Å². The lowest BCUT2D eigenvalue weighted by atomic mass is 10.0. The second-order valence-corrected chi connectivity index (χ2v) is 5.42. The summed E-state index contributed by atoms with van der Waals surface area (Å²) in [5.41, 5.74) is 0. The molecular formula is C12H19NOS. The zero-order valence-electron chi connectivity index (χ0n) is 9.29. The maximum atomic E-state index is 5.51. The maximum absolute atomic E-state index is 5.51. The molecule has 3 heteroatoms. The molecule has 0 bridgehead atoms. The van der Waals surface area contributed by atoms with E-state index in [-0.39, 0.29) is 0 Å². The molecule has 0 saturated carbocycles. The Kier molecular flexibility index (Phi) is 4.15. The van der Waals surface area contributed by atoms with Crippen molar-refractivity contribution in [1.29, 1.82) is 0 Å². The van der Waals surface area contributed by atoms with Crippen molar-refractivity contribution in [2.45, 2.75) is 26.3 Å². The summed E-state index contributed by atoms with van der Waals surface area (Å²) in [5.74, 6) is 5.61. The predicted octanol–water partition coefficient (Wildman–Crippen LogP) is 2.82. The monoisotopic (exact) mass is 225 g/mol. The van der Waals surface area contributed by atoms with Crippen LogP contribution in [0.1, 0.15) is 24.4 Å². The highest BCUT2D eigenvalue weighted by Gasteiger charge is 2.12. The number of rotatable bonds is 4. The minimum atomic E-state index is 0.873. The Labute approximate surface area is 95.8 Å². The summed E-state index contributed by atoms with van der Waals surface area (Å²) in [4.78, 5) is 0. The summed E-state index contributed by atoms with van der Waals surface area (Å²) < 4.78 is 5.51. The molecule has 1 aliphatic rings. The van der Waals surface area contributed by atoms with Crippen LogP contribution in [0.2, 0.25) is 0 Å². The number of nitrogens with one attached hydrogen (secondary N) is 1. The van der Waals surface area contributed by atoms with Crippen molar-refractivity contribution >= 4 is 11.8 Å². The highest BCUT2D eigenvalue weighted by atomic mass is 32.2. The summed E-state index contributed by atoms with van der Waals surface area (Å²) in [6.07, 6.45) is 2.74. The second-order valence-electron chi connectivity index (χ2n) is 4.20. The van der Waals surface area contributed by atoms with Gasteiger partial charge >= 0.3 is 0 Å². The summed E-state index contributed by atoms with van der Waals surface area (Å²) >= 11 is 2.09. The van der Waals surface area contributed by atoms with Gasteiger partial charge in [-0.15, -0.1) is 0 Å². The third kappa shape index (κ3) is 3.58. The van der Waals surface area contributed by atoms with Crippen molar-refractivity contribution in [3.63, 3.8) is 0 Å². The van der Waals surface area contributed by atoms with Crippen LogP contribution in [0.5, 0.6) is 0 Å². The van der Waals surface area contributed by atoms with Gasteiger partial charge in [-0.25, -0.2) is 0 Å². The second kappa shape index (κ2) is 5.61. The molecule has 1 N–H and O–H groups in total. The van der Waals surface area contributed by atoms with E-state index in [9.17, 15) is 0 Å². The van der Waals surface area contributed by atoms with Crippen LogP contribution in [0.3, 0.4) is 0 Å². The molecule has 2 heterocycles. The molecule has 84 valence electrons. The van der Waals surface area contributed by atoms with Crippen LogP contribution in [0.15, 0.2) is 16.5 Å². The smallest absolute Gasteiger partial charge is 0.117 e. The lowest BCUT2D eigenvalue weighted by molar-refractivity contribution is 0.415. The standard InChI is InChI=1S/C12H19NOS/c1-10-2-3-12(14-10)9-13-8-11-4-6-15-7-5-11/h2-3,11,13H,4-9H2,1H3. The Hall–Kier alpha value is -0.410. The Balaban J connectivity index is 1.65. The summed E-state index contributed by atoms with van der Waals surface area (Å²) in [5, 5.41) is 3.48. The minimum absolute atomic E-state index is 0.873. The molecule has 0 aliphatic carbocycles. The Morgan fingerprint density at radius 3 is 2.87 bits per heavy atom. The summed E-state index contributed by atoms with van der Waals surface area (Å²) in [7, 11) is 0. The van der Waals surface area contributed by atoms with Crippen molar-refractivity contribution in [2.75, 3.05) is 18.1 Å². The molecule has 2 nitrogen and oxygen atoms in total. The van der Waals surface area contributed by atoms with Crippen molar-refractivity contribution in [3.05, 3.63) is 23.7 Å². The fraction of sp³-hybridized carbons (Fsp3) is 0.667. The minimum Gasteiger partial charge on any atom is -0.465 e. The van der Waals surface area contributed by atoms with Crippen LogP contribution in [0.25, 0.3) is 0 Å². The van der Waals surface area contributed by atoms with E-state index in [1.807, 2.05) is 13.0 Å². The SMILES string of the molecule is Cc1ccc(CNCC2CCSCC2)o1. The molecule has 1 aromatic heterocycles. The van der Waals surface area contributed by atoms with E-state index >= 15 is 0 Å². The van der Waals surface area contributed by atoms with Crippen molar-refractivity contribution in [2.24, 2.45) is 5.92 Å². The zero-order valence-corrected chi connectivity index (χ0v) is 10.1. The number of hydrogen-bond donors (Lipinski definition) is 1. The van der Waals surface area contributed by atoms with Crippen LogP contribution < -0.4 is 5.32 Å². The van der Waals surface area contributed by atoms with Gasteiger partial charge in [-0.1, -0.05) is 0 Å². The van der Waals surface area contributed by atoms with E-state index in [0.717, 1.165) is 30.5 Å². The molecule has 1 saturated heterocycles. The molecule has 1 aromatic rings. The highest BCUT2D eigenvalue weighted by Crippen LogP contribution is 2.21. The topological polar surface area (TPSA) is 25.2 Å². The van der Waals surface area contributed by atoms with Crippen LogP contribution >= 0.6 is 11.8 Å². The van der Waals surface area contributed by atoms with E-state index in [4.69, 9.17) is 4.42 Å². The molecule has 2 rings (SSSR count). The quantitative estimate of drug-likeness (QED) is 0.853. The van der Waals surface area contributed by atoms with E-state index < -0.39 is 0 Å². The first-order valence-electron chi connectivity index (χ1n) is 5.68. The molecule has 1 aliphatic heterocycles. The summed E-state index contributed by atoms with van der Waals surface area (Å²) in [6.45, 7) is 4.00. The van der Waals surface area contributed by atoms with Crippen molar-refractivity contribution < 1.29 is 4.42 Å². The largest absolute Gasteiger partial charge is 0.465 e. The number of thioether (sulfide) groups is 1. The third-order valence-corrected chi connectivity index (χ3v) is 3.92. The van der Waals surface area contributed by atoms with E-state index in [0.29, 0.717) is 0 Å². The Bertz CT molecular complexity index is 292. The van der Waals surface area contributed by atoms with Gasteiger partial charge < -0.3 is 9.73 Å². The van der Waals surface area contributed by atoms with Gasteiger partial charge in [-0.3, -0.25) is 0 Å². The highest BCUT2D eigenvalue weighted by molar-refractivity contribution is 7.99. The molecule has 0 aromatic carbocycles. The first kappa shape index (κ1) is 11.1. The summed E-state index contributed by atoms with van der Waals surface area (Å²) in [6, 6.07) is 4.08. The third-order valence-electron chi connectivity index (χ3n) is 2.87. The maximum Gasteiger partial charge on any atom is 0.117 e. The van der Waals surface area contributed by atoms with Gasteiger partial charge in [0.25, 0.3) is 0 Å². The van der Waals surface area contributed by atoms with E-state index in [2.05, 4.69) is 23.1 Å². The molecule has 0 spiro atoms. The average Bonchev–Trinajstić information content (AvgIpc) is 2.66. The normalized spacial score (nSPS) is 18.2. The Morgan fingerprint density at radius 1 is 1.40 bits per heavy atom. The molecule has 0 unspecified atom stereocenters. The first-order chi connectivity index (χ1) is 7.34. The van der Waals surface area contributed by atoms with E-state index in [1.54, 1.807) is 0 Å². The molecule has 0 amide bonds. The van der Waals surface area contributed by atoms with Crippen molar-refractivity contribution in [3.8, 4) is 0 Å². The average molecular weight is 225 g/mol. The lowest BCUT2D eigenvalue weighted by Gasteiger charge is -2.21. The van der Waals surface area contributed by atoms with E-state index in [1.165, 1.54) is 24.3 Å². The van der Waals surface area contributed by atoms with Crippen LogP contribution in [0.4, 0.5) is 0 Å². The molecule has 15 heavy (non-hydrogen) atoms. The van der Waals surface area contributed by atoms with Gasteiger partial charge in [0.2, 0.25) is 0 Å². The van der Waals surface area contributed by atoms with Crippen LogP contribution in [-0.4, -0.2) is 18.1 Å². The van der Waals surface area contributed by atoms with Gasteiger partial charge in [0.15, 0.2) is 0 Å². The van der Waals surface area contributed by atoms with Gasteiger partial charge in [-0.05, 0) is 55.9 Å². The zero-order chi connectivity index (χ0) is 10.5. The Morgan fingerprint density at radius 2 is 2.20 bits per heavy atom. The predicted molar refractivity (Wildman–Crippen MR) is 65.2 cm³/mol. The number of hydrogen-bond acceptors (Lipinski definition) is 3. The lowest BCUT2D eigenvalue weighted by Crippen LogP contribution is -2.25. The van der Waals surface area contributed by atoms with Gasteiger partial charge in [0, 0.05) is 0 Å². The molecule has 1 fully saturated rings.